The Morgan fingerprint density at radius 3 is 2.51 bits per heavy atom. The van der Waals surface area contributed by atoms with Crippen LogP contribution in [0, 0.1) is 16.0 Å². The fourth-order valence-corrected chi connectivity index (χ4v) is 4.45. The molecule has 0 amide bonds. The van der Waals surface area contributed by atoms with Crippen LogP contribution in [0.5, 0.6) is 11.5 Å². The second-order valence-corrected chi connectivity index (χ2v) is 10.4. The van der Waals surface area contributed by atoms with Crippen molar-refractivity contribution in [1.29, 1.82) is 0 Å². The molecular formula is C26H28N4O8S. The van der Waals surface area contributed by atoms with Crippen LogP contribution in [0.1, 0.15) is 36.2 Å². The Hall–Kier alpha value is -4.65. The van der Waals surface area contributed by atoms with Gasteiger partial charge in [-0.3, -0.25) is 20.3 Å². The Morgan fingerprint density at radius 1 is 1.10 bits per heavy atom. The molecule has 3 aromatic carbocycles. The number of aromatic carboxylic acids is 1. The van der Waals surface area contributed by atoms with Crippen molar-refractivity contribution in [3.05, 3.63) is 81.9 Å². The summed E-state index contributed by atoms with van der Waals surface area (Å²) in [5.41, 5.74) is 2.14. The zero-order chi connectivity index (χ0) is 28.6. The van der Waals surface area contributed by atoms with Gasteiger partial charge in [-0.05, 0) is 60.4 Å². The van der Waals surface area contributed by atoms with E-state index < -0.39 is 31.5 Å². The minimum Gasteiger partial charge on any atom is -0.493 e. The number of rotatable bonds is 13. The van der Waals surface area contributed by atoms with Crippen LogP contribution in [0.3, 0.4) is 0 Å². The lowest BCUT2D eigenvalue weighted by atomic mass is 10.1. The van der Waals surface area contributed by atoms with E-state index in [0.717, 1.165) is 18.6 Å². The summed E-state index contributed by atoms with van der Waals surface area (Å²) >= 11 is 0. The lowest BCUT2D eigenvalue weighted by Crippen LogP contribution is -2.16. The second-order valence-electron chi connectivity index (χ2n) is 8.70. The molecule has 0 aliphatic rings. The highest BCUT2D eigenvalue weighted by atomic mass is 32.2. The third-order valence-electron chi connectivity index (χ3n) is 5.42. The van der Waals surface area contributed by atoms with Gasteiger partial charge in [-0.15, -0.1) is 0 Å². The maximum Gasteiger partial charge on any atom is 0.337 e. The molecule has 0 aliphatic heterocycles. The Morgan fingerprint density at radius 2 is 1.85 bits per heavy atom. The number of nitro groups is 1. The zero-order valence-corrected chi connectivity index (χ0v) is 22.3. The van der Waals surface area contributed by atoms with E-state index in [9.17, 15) is 28.4 Å². The molecule has 0 aromatic heterocycles. The minimum absolute atomic E-state index is 0.0539. The summed E-state index contributed by atoms with van der Waals surface area (Å²) in [7, 11) is -2.83. The van der Waals surface area contributed by atoms with Crippen molar-refractivity contribution in [3.8, 4) is 11.5 Å². The van der Waals surface area contributed by atoms with Crippen molar-refractivity contribution in [2.45, 2.75) is 25.2 Å². The molecule has 13 heteroatoms. The van der Waals surface area contributed by atoms with Crippen LogP contribution in [0.25, 0.3) is 0 Å². The van der Waals surface area contributed by atoms with Gasteiger partial charge in [0, 0.05) is 6.07 Å². The van der Waals surface area contributed by atoms with Crippen molar-refractivity contribution in [1.82, 2.24) is 0 Å². The number of ether oxygens (including phenoxy) is 2. The summed E-state index contributed by atoms with van der Waals surface area (Å²) in [4.78, 5) is 21.9. The molecule has 0 atom stereocenters. The van der Waals surface area contributed by atoms with Crippen LogP contribution in [-0.4, -0.2) is 44.3 Å². The van der Waals surface area contributed by atoms with Crippen LogP contribution in [0.4, 0.5) is 17.1 Å². The average molecular weight is 557 g/mol. The van der Waals surface area contributed by atoms with Crippen LogP contribution < -0.4 is 19.6 Å². The molecule has 206 valence electrons. The molecule has 0 unspecified atom stereocenters. The smallest absolute Gasteiger partial charge is 0.337 e. The first kappa shape index (κ1) is 28.9. The lowest BCUT2D eigenvalue weighted by molar-refractivity contribution is -0.384. The SMILES string of the molecule is COc1cc(/C=N/Nc2ccc(S(=O)(=O)Nc3ccccc3C(=O)O)cc2[N+](=O)[O-])ccc1OCCC(C)C. The molecule has 0 bridgehead atoms. The Bertz CT molecular complexity index is 1490. The van der Waals surface area contributed by atoms with Crippen LogP contribution in [0.15, 0.2) is 70.7 Å². The quantitative estimate of drug-likeness (QED) is 0.149. The van der Waals surface area contributed by atoms with E-state index >= 15 is 0 Å². The molecule has 0 saturated heterocycles. The number of nitrogens with one attached hydrogen (secondary N) is 2. The monoisotopic (exact) mass is 556 g/mol. The van der Waals surface area contributed by atoms with Gasteiger partial charge in [0.1, 0.15) is 5.69 Å². The van der Waals surface area contributed by atoms with Gasteiger partial charge in [0.25, 0.3) is 15.7 Å². The summed E-state index contributed by atoms with van der Waals surface area (Å²) in [5.74, 6) is 0.245. The Kier molecular flexibility index (Phi) is 9.44. The number of hydrogen-bond acceptors (Lipinski definition) is 9. The molecule has 0 spiro atoms. The second kappa shape index (κ2) is 12.7. The summed E-state index contributed by atoms with van der Waals surface area (Å²) in [6, 6.07) is 13.8. The number of carboxylic acid groups (broad SMARTS) is 1. The third-order valence-corrected chi connectivity index (χ3v) is 6.78. The van der Waals surface area contributed by atoms with E-state index in [0.29, 0.717) is 29.6 Å². The van der Waals surface area contributed by atoms with E-state index in [4.69, 9.17) is 9.47 Å². The number of carboxylic acids is 1. The third kappa shape index (κ3) is 7.68. The number of hydrogen-bond donors (Lipinski definition) is 3. The summed E-state index contributed by atoms with van der Waals surface area (Å²) in [6.07, 6.45) is 2.31. The number of para-hydroxylation sites is 1. The lowest BCUT2D eigenvalue weighted by Gasteiger charge is -2.12. The van der Waals surface area contributed by atoms with E-state index in [1.165, 1.54) is 43.7 Å². The normalized spacial score (nSPS) is 11.4. The maximum atomic E-state index is 12.8. The standard InChI is InChI=1S/C26H28N4O8S/c1-17(2)12-13-38-24-11-8-18(14-25(24)37-3)16-27-28-22-10-9-19(15-23(22)30(33)34)39(35,36)29-21-7-5-4-6-20(21)26(31)32/h4-11,14-17,28-29H,12-13H2,1-3H3,(H,31,32)/b27-16+. The van der Waals surface area contributed by atoms with Gasteiger partial charge in [-0.25, -0.2) is 13.2 Å². The molecule has 3 rings (SSSR count). The number of nitrogens with zero attached hydrogens (tertiary/aromatic N) is 2. The van der Waals surface area contributed by atoms with E-state index in [-0.39, 0.29) is 16.9 Å². The van der Waals surface area contributed by atoms with Crippen molar-refractivity contribution in [3.63, 3.8) is 0 Å². The number of methoxy groups -OCH3 is 1. The highest BCUT2D eigenvalue weighted by Gasteiger charge is 2.23. The molecule has 0 saturated carbocycles. The first-order valence-electron chi connectivity index (χ1n) is 11.8. The van der Waals surface area contributed by atoms with Gasteiger partial charge in [0.05, 0.1) is 41.0 Å². The molecule has 12 nitrogen and oxygen atoms in total. The highest BCUT2D eigenvalue weighted by molar-refractivity contribution is 7.92. The fraction of sp³-hybridized carbons (Fsp3) is 0.231. The molecule has 3 N–H and O–H groups in total. The Balaban J connectivity index is 1.78. The first-order valence-corrected chi connectivity index (χ1v) is 13.2. The first-order chi connectivity index (χ1) is 18.5. The van der Waals surface area contributed by atoms with Crippen molar-refractivity contribution in [2.24, 2.45) is 11.0 Å². The van der Waals surface area contributed by atoms with E-state index in [1.807, 2.05) is 0 Å². The van der Waals surface area contributed by atoms with E-state index in [1.54, 1.807) is 18.2 Å². The van der Waals surface area contributed by atoms with Gasteiger partial charge in [0.15, 0.2) is 11.5 Å². The van der Waals surface area contributed by atoms with Crippen molar-refractivity contribution in [2.75, 3.05) is 23.9 Å². The molecule has 3 aromatic rings. The molecular weight excluding hydrogens is 528 g/mol. The van der Waals surface area contributed by atoms with Gasteiger partial charge in [-0.1, -0.05) is 26.0 Å². The predicted octanol–water partition coefficient (Wildman–Crippen LogP) is 4.97. The molecule has 0 radical (unpaired) electrons. The molecule has 0 fully saturated rings. The van der Waals surface area contributed by atoms with Gasteiger partial charge in [-0.2, -0.15) is 5.10 Å². The number of sulfonamides is 1. The van der Waals surface area contributed by atoms with Crippen molar-refractivity contribution >= 4 is 39.3 Å². The number of anilines is 2. The van der Waals surface area contributed by atoms with Crippen molar-refractivity contribution < 1.29 is 32.7 Å². The van der Waals surface area contributed by atoms with Crippen LogP contribution in [-0.2, 0) is 10.0 Å². The largest absolute Gasteiger partial charge is 0.493 e. The van der Waals surface area contributed by atoms with Gasteiger partial charge in [0.2, 0.25) is 0 Å². The average Bonchev–Trinajstić information content (AvgIpc) is 2.89. The maximum absolute atomic E-state index is 12.8. The van der Waals surface area contributed by atoms with Crippen LogP contribution >= 0.6 is 0 Å². The van der Waals surface area contributed by atoms with Gasteiger partial charge >= 0.3 is 5.97 Å². The fourth-order valence-electron chi connectivity index (χ4n) is 3.35. The minimum atomic E-state index is -4.34. The summed E-state index contributed by atoms with van der Waals surface area (Å²) < 4.78 is 39.0. The Labute approximate surface area is 225 Å². The number of nitro benzene ring substituents is 1. The predicted molar refractivity (Wildman–Crippen MR) is 146 cm³/mol. The number of hydrazone groups is 1. The molecule has 39 heavy (non-hydrogen) atoms. The summed E-state index contributed by atoms with van der Waals surface area (Å²) in [5, 5.41) is 25.0. The zero-order valence-electron chi connectivity index (χ0n) is 21.5. The molecule has 0 heterocycles. The highest BCUT2D eigenvalue weighted by Crippen LogP contribution is 2.30. The van der Waals surface area contributed by atoms with Crippen LogP contribution in [0.2, 0.25) is 0 Å². The topological polar surface area (TPSA) is 169 Å². The molecule has 0 aliphatic carbocycles. The summed E-state index contributed by atoms with van der Waals surface area (Å²) in [6.45, 7) is 4.74. The number of carbonyl (C=O) groups is 1. The van der Waals surface area contributed by atoms with E-state index in [2.05, 4.69) is 29.1 Å². The van der Waals surface area contributed by atoms with Gasteiger partial charge < -0.3 is 14.6 Å². The number of benzene rings is 3.